The molecule has 4 heteroatoms. The summed E-state index contributed by atoms with van der Waals surface area (Å²) >= 11 is 11.8. The van der Waals surface area contributed by atoms with Gasteiger partial charge < -0.3 is 5.32 Å². The Morgan fingerprint density at radius 2 is 1.87 bits per heavy atom. The maximum Gasteiger partial charge on any atom is 0.101 e. The van der Waals surface area contributed by atoms with E-state index in [4.69, 9.17) is 28.5 Å². The number of anilines is 1. The molecule has 1 N–H and O–H groups in total. The number of nitrogens with one attached hydrogen (secondary N) is 1. The molecule has 80 valence electrons. The fourth-order valence-corrected chi connectivity index (χ4v) is 1.70. The lowest BCUT2D eigenvalue weighted by Crippen LogP contribution is -2.26. The molecule has 0 aliphatic carbocycles. The number of hydrogen-bond donors (Lipinski definition) is 1. The van der Waals surface area contributed by atoms with Crippen LogP contribution in [-0.2, 0) is 0 Å². The van der Waals surface area contributed by atoms with Crippen molar-refractivity contribution in [3.8, 4) is 6.07 Å². The number of hydrogen-bond acceptors (Lipinski definition) is 2. The number of halogens is 2. The fraction of sp³-hybridized carbons (Fsp3) is 0.364. The lowest BCUT2D eigenvalue weighted by atomic mass is 10.1. The molecule has 0 aliphatic heterocycles. The van der Waals surface area contributed by atoms with Crippen LogP contribution in [0.2, 0.25) is 10.0 Å². The van der Waals surface area contributed by atoms with Crippen LogP contribution in [0, 0.1) is 11.3 Å². The smallest absolute Gasteiger partial charge is 0.101 e. The Morgan fingerprint density at radius 1 is 1.27 bits per heavy atom. The summed E-state index contributed by atoms with van der Waals surface area (Å²) in [5.74, 6) is 0. The fourth-order valence-electron chi connectivity index (χ4n) is 1.16. The molecule has 0 unspecified atom stereocenters. The van der Waals surface area contributed by atoms with E-state index in [0.29, 0.717) is 21.3 Å². The number of rotatable bonds is 1. The SMILES string of the molecule is CC(C)(C)Nc1c(Cl)cc(Cl)cc1C#N. The second kappa shape index (κ2) is 4.30. The maximum atomic E-state index is 8.96. The first-order valence-electron chi connectivity index (χ1n) is 4.51. The molecule has 0 amide bonds. The maximum absolute atomic E-state index is 8.96. The van der Waals surface area contributed by atoms with Crippen LogP contribution in [0.15, 0.2) is 12.1 Å². The molecular formula is C11H12Cl2N2. The minimum absolute atomic E-state index is 0.150. The van der Waals surface area contributed by atoms with Crippen molar-refractivity contribution in [3.05, 3.63) is 27.7 Å². The van der Waals surface area contributed by atoms with Crippen molar-refractivity contribution in [3.63, 3.8) is 0 Å². The zero-order chi connectivity index (χ0) is 11.6. The van der Waals surface area contributed by atoms with E-state index in [1.165, 1.54) is 0 Å². The van der Waals surface area contributed by atoms with Gasteiger partial charge in [-0.15, -0.1) is 0 Å². The molecule has 1 aromatic rings. The van der Waals surface area contributed by atoms with Gasteiger partial charge in [-0.05, 0) is 32.9 Å². The number of nitriles is 1. The average Bonchev–Trinajstić information content (AvgIpc) is 2.07. The molecule has 0 radical (unpaired) electrons. The molecule has 1 aromatic carbocycles. The van der Waals surface area contributed by atoms with E-state index < -0.39 is 0 Å². The van der Waals surface area contributed by atoms with Crippen LogP contribution < -0.4 is 5.32 Å². The molecule has 0 atom stereocenters. The molecule has 15 heavy (non-hydrogen) atoms. The van der Waals surface area contributed by atoms with E-state index in [0.717, 1.165) is 0 Å². The Labute approximate surface area is 99.8 Å². The second-order valence-electron chi connectivity index (χ2n) is 4.30. The summed E-state index contributed by atoms with van der Waals surface area (Å²) in [5.41, 5.74) is 0.946. The summed E-state index contributed by atoms with van der Waals surface area (Å²) in [6.07, 6.45) is 0. The molecule has 0 aromatic heterocycles. The van der Waals surface area contributed by atoms with E-state index in [-0.39, 0.29) is 5.54 Å². The highest BCUT2D eigenvalue weighted by molar-refractivity contribution is 6.36. The van der Waals surface area contributed by atoms with Gasteiger partial charge in [-0.25, -0.2) is 0 Å². The topological polar surface area (TPSA) is 35.8 Å². The van der Waals surface area contributed by atoms with Gasteiger partial charge >= 0.3 is 0 Å². The van der Waals surface area contributed by atoms with Gasteiger partial charge in [0.2, 0.25) is 0 Å². The highest BCUT2D eigenvalue weighted by Crippen LogP contribution is 2.31. The lowest BCUT2D eigenvalue weighted by molar-refractivity contribution is 0.634. The van der Waals surface area contributed by atoms with Gasteiger partial charge in [0.25, 0.3) is 0 Å². The molecule has 0 heterocycles. The molecule has 0 bridgehead atoms. The first kappa shape index (κ1) is 12.2. The van der Waals surface area contributed by atoms with Crippen LogP contribution in [-0.4, -0.2) is 5.54 Å². The summed E-state index contributed by atoms with van der Waals surface area (Å²) in [6.45, 7) is 6.00. The highest BCUT2D eigenvalue weighted by atomic mass is 35.5. The van der Waals surface area contributed by atoms with Crippen molar-refractivity contribution < 1.29 is 0 Å². The van der Waals surface area contributed by atoms with Gasteiger partial charge in [-0.1, -0.05) is 23.2 Å². The molecule has 0 saturated heterocycles. The zero-order valence-corrected chi connectivity index (χ0v) is 10.4. The molecule has 2 nitrogen and oxygen atoms in total. The minimum atomic E-state index is -0.150. The lowest BCUT2D eigenvalue weighted by Gasteiger charge is -2.23. The van der Waals surface area contributed by atoms with Crippen LogP contribution >= 0.6 is 23.2 Å². The van der Waals surface area contributed by atoms with Crippen LogP contribution in [0.25, 0.3) is 0 Å². The van der Waals surface area contributed by atoms with Gasteiger partial charge in [0.05, 0.1) is 16.3 Å². The highest BCUT2D eigenvalue weighted by Gasteiger charge is 2.15. The van der Waals surface area contributed by atoms with Gasteiger partial charge in [0, 0.05) is 10.6 Å². The predicted molar refractivity (Wildman–Crippen MR) is 64.6 cm³/mol. The standard InChI is InChI=1S/C11H12Cl2N2/c1-11(2,3)15-10-7(6-14)4-8(12)5-9(10)13/h4-5,15H,1-3H3. The molecular weight excluding hydrogens is 231 g/mol. The van der Waals surface area contributed by atoms with Crippen molar-refractivity contribution in [2.45, 2.75) is 26.3 Å². The zero-order valence-electron chi connectivity index (χ0n) is 8.86. The van der Waals surface area contributed by atoms with Crippen LogP contribution in [0.5, 0.6) is 0 Å². The summed E-state index contributed by atoms with van der Waals surface area (Å²) in [6, 6.07) is 5.29. The Morgan fingerprint density at radius 3 is 2.33 bits per heavy atom. The largest absolute Gasteiger partial charge is 0.378 e. The van der Waals surface area contributed by atoms with Gasteiger partial charge in [-0.3, -0.25) is 0 Å². The van der Waals surface area contributed by atoms with Crippen molar-refractivity contribution in [2.75, 3.05) is 5.32 Å². The summed E-state index contributed by atoms with van der Waals surface area (Å²) in [5, 5.41) is 13.1. The quantitative estimate of drug-likeness (QED) is 0.806. The first-order chi connectivity index (χ1) is 6.83. The Hall–Kier alpha value is -0.910. The second-order valence-corrected chi connectivity index (χ2v) is 5.14. The third kappa shape index (κ3) is 3.30. The third-order valence-corrected chi connectivity index (χ3v) is 2.19. The predicted octanol–water partition coefficient (Wildman–Crippen LogP) is 4.08. The van der Waals surface area contributed by atoms with Crippen molar-refractivity contribution >= 4 is 28.9 Å². The summed E-state index contributed by atoms with van der Waals surface area (Å²) < 4.78 is 0. The summed E-state index contributed by atoms with van der Waals surface area (Å²) in [4.78, 5) is 0. The normalized spacial score (nSPS) is 10.9. The Kier molecular flexibility index (Phi) is 3.49. The molecule has 0 aliphatic rings. The van der Waals surface area contributed by atoms with Gasteiger partial charge in [-0.2, -0.15) is 5.26 Å². The van der Waals surface area contributed by atoms with E-state index in [9.17, 15) is 0 Å². The van der Waals surface area contributed by atoms with Crippen molar-refractivity contribution in [2.24, 2.45) is 0 Å². The summed E-state index contributed by atoms with van der Waals surface area (Å²) in [7, 11) is 0. The van der Waals surface area contributed by atoms with Crippen LogP contribution in [0.4, 0.5) is 5.69 Å². The molecule has 0 saturated carbocycles. The van der Waals surface area contributed by atoms with E-state index in [2.05, 4.69) is 11.4 Å². The Bertz CT molecular complexity index is 414. The monoisotopic (exact) mass is 242 g/mol. The molecule has 0 fully saturated rings. The molecule has 0 spiro atoms. The van der Waals surface area contributed by atoms with Crippen molar-refractivity contribution in [1.82, 2.24) is 0 Å². The number of benzene rings is 1. The van der Waals surface area contributed by atoms with E-state index in [1.54, 1.807) is 12.1 Å². The van der Waals surface area contributed by atoms with Crippen LogP contribution in [0.1, 0.15) is 26.3 Å². The van der Waals surface area contributed by atoms with Crippen molar-refractivity contribution in [1.29, 1.82) is 5.26 Å². The third-order valence-electron chi connectivity index (χ3n) is 1.68. The van der Waals surface area contributed by atoms with Gasteiger partial charge in [0.15, 0.2) is 0 Å². The van der Waals surface area contributed by atoms with Crippen LogP contribution in [0.3, 0.4) is 0 Å². The average molecular weight is 243 g/mol. The molecule has 1 rings (SSSR count). The van der Waals surface area contributed by atoms with E-state index in [1.807, 2.05) is 20.8 Å². The minimum Gasteiger partial charge on any atom is -0.378 e. The van der Waals surface area contributed by atoms with Gasteiger partial charge in [0.1, 0.15) is 6.07 Å². The van der Waals surface area contributed by atoms with E-state index >= 15 is 0 Å². The number of nitrogens with zero attached hydrogens (tertiary/aromatic N) is 1. The Balaban J connectivity index is 3.23. The first-order valence-corrected chi connectivity index (χ1v) is 5.26.